The van der Waals surface area contributed by atoms with Gasteiger partial charge in [0, 0.05) is 12.8 Å². The number of benzene rings is 1. The molecule has 0 radical (unpaired) electrons. The molecule has 6 nitrogen and oxygen atoms in total. The first-order valence-corrected chi connectivity index (χ1v) is 6.24. The van der Waals surface area contributed by atoms with Gasteiger partial charge >= 0.3 is 6.16 Å². The fraction of sp³-hybridized carbons (Fsp3) is 0.357. The van der Waals surface area contributed by atoms with E-state index in [0.29, 0.717) is 5.06 Å². The maximum atomic E-state index is 11.5. The van der Waals surface area contributed by atoms with Gasteiger partial charge in [-0.05, 0) is 25.0 Å². The molecule has 1 aliphatic rings. The van der Waals surface area contributed by atoms with Gasteiger partial charge in [0.15, 0.2) is 0 Å². The first kappa shape index (κ1) is 14.0. The van der Waals surface area contributed by atoms with E-state index in [0.717, 1.165) is 16.7 Å². The largest absolute Gasteiger partial charge is 0.534 e. The fourth-order valence-corrected chi connectivity index (χ4v) is 1.85. The van der Waals surface area contributed by atoms with E-state index in [1.807, 2.05) is 32.0 Å². The van der Waals surface area contributed by atoms with Gasteiger partial charge in [-0.25, -0.2) is 4.79 Å². The molecule has 0 N–H and O–H groups in total. The maximum absolute atomic E-state index is 11.5. The van der Waals surface area contributed by atoms with Crippen molar-refractivity contribution in [3.05, 3.63) is 34.9 Å². The highest BCUT2D eigenvalue weighted by molar-refractivity contribution is 6.01. The minimum Gasteiger partial charge on any atom is -0.428 e. The number of hydrogen-bond donors (Lipinski definition) is 0. The SMILES string of the molecule is Cc1ccc(C)c(COC(=O)ON2C(=O)CCC2=O)c1. The van der Waals surface area contributed by atoms with Gasteiger partial charge in [0.2, 0.25) is 0 Å². The van der Waals surface area contributed by atoms with E-state index >= 15 is 0 Å². The summed E-state index contributed by atoms with van der Waals surface area (Å²) >= 11 is 0. The zero-order valence-corrected chi connectivity index (χ0v) is 11.3. The monoisotopic (exact) mass is 277 g/mol. The quantitative estimate of drug-likeness (QED) is 0.624. The van der Waals surface area contributed by atoms with Crippen molar-refractivity contribution in [1.29, 1.82) is 0 Å². The Kier molecular flexibility index (Phi) is 4.02. The Bertz CT molecular complexity index is 551. The summed E-state index contributed by atoms with van der Waals surface area (Å²) < 4.78 is 4.92. The molecule has 1 aliphatic heterocycles. The molecular formula is C14H15NO5. The van der Waals surface area contributed by atoms with Gasteiger partial charge in [-0.2, -0.15) is 0 Å². The number of imide groups is 1. The molecule has 2 amide bonds. The van der Waals surface area contributed by atoms with Crippen LogP contribution in [0.4, 0.5) is 4.79 Å². The smallest absolute Gasteiger partial charge is 0.428 e. The lowest BCUT2D eigenvalue weighted by molar-refractivity contribution is -0.177. The number of ether oxygens (including phenoxy) is 1. The molecule has 2 rings (SSSR count). The Morgan fingerprint density at radius 3 is 2.50 bits per heavy atom. The summed E-state index contributed by atoms with van der Waals surface area (Å²) in [4.78, 5) is 38.6. The van der Waals surface area contributed by atoms with Crippen molar-refractivity contribution in [2.45, 2.75) is 33.3 Å². The lowest BCUT2D eigenvalue weighted by atomic mass is 10.1. The summed E-state index contributed by atoms with van der Waals surface area (Å²) in [7, 11) is 0. The molecule has 0 saturated carbocycles. The first-order chi connectivity index (χ1) is 9.47. The molecule has 0 atom stereocenters. The van der Waals surface area contributed by atoms with Crippen LogP contribution in [0.1, 0.15) is 29.5 Å². The minimum absolute atomic E-state index is 0.0303. The highest BCUT2D eigenvalue weighted by Crippen LogP contribution is 2.15. The number of hydrogen-bond acceptors (Lipinski definition) is 5. The van der Waals surface area contributed by atoms with E-state index in [2.05, 4.69) is 4.84 Å². The van der Waals surface area contributed by atoms with Crippen LogP contribution in [0.2, 0.25) is 0 Å². The lowest BCUT2D eigenvalue weighted by Gasteiger charge is -2.13. The molecule has 20 heavy (non-hydrogen) atoms. The first-order valence-electron chi connectivity index (χ1n) is 6.24. The van der Waals surface area contributed by atoms with Crippen LogP contribution in [0.25, 0.3) is 0 Å². The minimum atomic E-state index is -1.06. The second-order valence-electron chi connectivity index (χ2n) is 4.64. The van der Waals surface area contributed by atoms with Crippen LogP contribution in [0, 0.1) is 13.8 Å². The molecule has 0 aromatic heterocycles. The Balaban J connectivity index is 1.91. The normalized spacial score (nSPS) is 14.6. The van der Waals surface area contributed by atoms with Crippen LogP contribution in [0.3, 0.4) is 0 Å². The molecule has 1 aromatic carbocycles. The van der Waals surface area contributed by atoms with Gasteiger partial charge < -0.3 is 4.74 Å². The predicted octanol–water partition coefficient (Wildman–Crippen LogP) is 2.02. The fourth-order valence-electron chi connectivity index (χ4n) is 1.85. The molecule has 106 valence electrons. The van der Waals surface area contributed by atoms with Crippen LogP contribution >= 0.6 is 0 Å². The third kappa shape index (κ3) is 3.14. The van der Waals surface area contributed by atoms with Crippen molar-refractivity contribution in [3.8, 4) is 0 Å². The highest BCUT2D eigenvalue weighted by Gasteiger charge is 2.33. The van der Waals surface area contributed by atoms with E-state index in [-0.39, 0.29) is 19.4 Å². The standard InChI is InChI=1S/C14H15NO5/c1-9-3-4-10(2)11(7-9)8-19-14(18)20-15-12(16)5-6-13(15)17/h3-4,7H,5-6,8H2,1-2H3. The van der Waals surface area contributed by atoms with Crippen molar-refractivity contribution in [3.63, 3.8) is 0 Å². The number of carbonyl (C=O) groups excluding carboxylic acids is 3. The zero-order valence-electron chi connectivity index (χ0n) is 11.3. The van der Waals surface area contributed by atoms with Crippen molar-refractivity contribution in [2.24, 2.45) is 0 Å². The second-order valence-corrected chi connectivity index (χ2v) is 4.64. The molecular weight excluding hydrogens is 262 g/mol. The number of amides is 2. The third-order valence-electron chi connectivity index (χ3n) is 3.02. The van der Waals surface area contributed by atoms with Crippen molar-refractivity contribution < 1.29 is 24.0 Å². The molecule has 0 spiro atoms. The third-order valence-corrected chi connectivity index (χ3v) is 3.02. The molecule has 1 aromatic rings. The highest BCUT2D eigenvalue weighted by atomic mass is 16.8. The Morgan fingerprint density at radius 1 is 1.20 bits per heavy atom. The number of rotatable bonds is 3. The number of hydroxylamine groups is 2. The van der Waals surface area contributed by atoms with Gasteiger partial charge in [0.05, 0.1) is 0 Å². The maximum Gasteiger partial charge on any atom is 0.534 e. The van der Waals surface area contributed by atoms with Gasteiger partial charge in [0.25, 0.3) is 11.8 Å². The lowest BCUT2D eigenvalue weighted by Crippen LogP contribution is -2.32. The summed E-state index contributed by atoms with van der Waals surface area (Å²) in [5.74, 6) is -1.06. The number of nitrogens with zero attached hydrogens (tertiary/aromatic N) is 1. The predicted molar refractivity (Wildman–Crippen MR) is 68.3 cm³/mol. The molecule has 0 unspecified atom stereocenters. The van der Waals surface area contributed by atoms with Crippen molar-refractivity contribution in [1.82, 2.24) is 5.06 Å². The van der Waals surface area contributed by atoms with E-state index < -0.39 is 18.0 Å². The molecule has 0 aliphatic carbocycles. The molecule has 1 saturated heterocycles. The average Bonchev–Trinajstić information content (AvgIpc) is 2.71. The summed E-state index contributed by atoms with van der Waals surface area (Å²) in [6, 6.07) is 5.78. The summed E-state index contributed by atoms with van der Waals surface area (Å²) in [5.41, 5.74) is 2.88. The van der Waals surface area contributed by atoms with Crippen LogP contribution in [-0.2, 0) is 25.8 Å². The Morgan fingerprint density at radius 2 is 1.85 bits per heavy atom. The van der Waals surface area contributed by atoms with E-state index in [1.165, 1.54) is 0 Å². The Labute approximate surface area is 116 Å². The van der Waals surface area contributed by atoms with Gasteiger partial charge in [-0.1, -0.05) is 28.8 Å². The van der Waals surface area contributed by atoms with E-state index in [1.54, 1.807) is 0 Å². The van der Waals surface area contributed by atoms with Gasteiger partial charge in [-0.3, -0.25) is 14.4 Å². The van der Waals surface area contributed by atoms with Gasteiger partial charge in [0.1, 0.15) is 6.61 Å². The second kappa shape index (κ2) is 5.73. The van der Waals surface area contributed by atoms with Crippen LogP contribution < -0.4 is 0 Å². The van der Waals surface area contributed by atoms with Crippen LogP contribution in [-0.4, -0.2) is 23.0 Å². The average molecular weight is 277 g/mol. The summed E-state index contributed by atoms with van der Waals surface area (Å²) in [6.07, 6.45) is -0.943. The molecule has 0 bridgehead atoms. The van der Waals surface area contributed by atoms with E-state index in [9.17, 15) is 14.4 Å². The zero-order chi connectivity index (χ0) is 14.7. The topological polar surface area (TPSA) is 72.9 Å². The van der Waals surface area contributed by atoms with Gasteiger partial charge in [-0.15, -0.1) is 0 Å². The summed E-state index contributed by atoms with van der Waals surface area (Å²) in [5, 5.41) is 0.464. The van der Waals surface area contributed by atoms with Crippen LogP contribution in [0.15, 0.2) is 18.2 Å². The molecule has 1 fully saturated rings. The van der Waals surface area contributed by atoms with Crippen LogP contribution in [0.5, 0.6) is 0 Å². The number of carbonyl (C=O) groups is 3. The molecule has 6 heteroatoms. The summed E-state index contributed by atoms with van der Waals surface area (Å²) in [6.45, 7) is 3.86. The Hall–Kier alpha value is -2.37. The van der Waals surface area contributed by atoms with Crippen molar-refractivity contribution >= 4 is 18.0 Å². The van der Waals surface area contributed by atoms with E-state index in [4.69, 9.17) is 4.74 Å². The number of aryl methyl sites for hydroxylation is 2. The van der Waals surface area contributed by atoms with Crippen molar-refractivity contribution in [2.75, 3.05) is 0 Å². The molecule has 1 heterocycles.